The number of nitrogens with one attached hydrogen (secondary N) is 1. The molecule has 0 aliphatic rings. The third-order valence-corrected chi connectivity index (χ3v) is 4.79. The van der Waals surface area contributed by atoms with Crippen molar-refractivity contribution in [2.24, 2.45) is 0 Å². The SMILES string of the molecule is CCCOC(=O)c1c(NC(=O)Cn2cc(C(=O)O)cn2)sc(C(=O)OC)c1C. The second kappa shape index (κ2) is 9.13. The topological polar surface area (TPSA) is 137 Å². The van der Waals surface area contributed by atoms with Crippen LogP contribution in [-0.2, 0) is 20.8 Å². The number of ether oxygens (including phenoxy) is 2. The van der Waals surface area contributed by atoms with Gasteiger partial charge in [-0.2, -0.15) is 5.10 Å². The number of carboxylic acid groups (broad SMARTS) is 1. The van der Waals surface area contributed by atoms with Crippen molar-refractivity contribution in [2.75, 3.05) is 19.0 Å². The number of amides is 1. The Balaban J connectivity index is 2.26. The molecule has 0 saturated carbocycles. The van der Waals surface area contributed by atoms with Crippen LogP contribution in [0.5, 0.6) is 0 Å². The van der Waals surface area contributed by atoms with Crippen molar-refractivity contribution < 1.29 is 33.8 Å². The summed E-state index contributed by atoms with van der Waals surface area (Å²) >= 11 is 0.898. The molecule has 0 unspecified atom stereocenters. The fourth-order valence-corrected chi connectivity index (χ4v) is 3.40. The van der Waals surface area contributed by atoms with Crippen molar-refractivity contribution in [1.29, 1.82) is 0 Å². The Bertz CT molecular complexity index is 916. The Morgan fingerprint density at radius 2 is 2.00 bits per heavy atom. The maximum absolute atomic E-state index is 12.4. The molecule has 0 fully saturated rings. The lowest BCUT2D eigenvalue weighted by atomic mass is 10.1. The molecule has 2 rings (SSSR count). The fourth-order valence-electron chi connectivity index (χ4n) is 2.28. The number of esters is 2. The van der Waals surface area contributed by atoms with Gasteiger partial charge in [-0.25, -0.2) is 14.4 Å². The Morgan fingerprint density at radius 3 is 2.57 bits per heavy atom. The predicted octanol–water partition coefficient (Wildman–Crippen LogP) is 1.94. The van der Waals surface area contributed by atoms with Crippen LogP contribution in [0.2, 0.25) is 0 Å². The van der Waals surface area contributed by atoms with E-state index >= 15 is 0 Å². The maximum Gasteiger partial charge on any atom is 0.348 e. The molecule has 2 aromatic heterocycles. The summed E-state index contributed by atoms with van der Waals surface area (Å²) in [6.45, 7) is 3.32. The third-order valence-electron chi connectivity index (χ3n) is 3.60. The van der Waals surface area contributed by atoms with Crippen molar-refractivity contribution in [2.45, 2.75) is 26.8 Å². The van der Waals surface area contributed by atoms with Gasteiger partial charge in [0.2, 0.25) is 5.91 Å². The Kier molecular flexibility index (Phi) is 6.88. The zero-order valence-electron chi connectivity index (χ0n) is 15.5. The highest BCUT2D eigenvalue weighted by Gasteiger charge is 2.27. The van der Waals surface area contributed by atoms with E-state index in [-0.39, 0.29) is 34.2 Å². The zero-order valence-corrected chi connectivity index (χ0v) is 16.3. The average molecular weight is 409 g/mol. The molecule has 10 nitrogen and oxygen atoms in total. The van der Waals surface area contributed by atoms with E-state index in [9.17, 15) is 19.2 Å². The quantitative estimate of drug-likeness (QED) is 0.631. The number of nitrogens with zero attached hydrogens (tertiary/aromatic N) is 2. The van der Waals surface area contributed by atoms with Crippen molar-refractivity contribution in [1.82, 2.24) is 9.78 Å². The van der Waals surface area contributed by atoms with Gasteiger partial charge in [-0.15, -0.1) is 11.3 Å². The standard InChI is InChI=1S/C17H19N3O7S/c1-4-5-27-16(24)12-9(2)13(17(25)26-3)28-14(12)19-11(21)8-20-7-10(6-18-20)15(22)23/h6-7H,4-5,8H2,1-3H3,(H,19,21)(H,22,23). The Labute approximate surface area is 164 Å². The second-order valence-corrected chi connectivity index (χ2v) is 6.69. The summed E-state index contributed by atoms with van der Waals surface area (Å²) in [4.78, 5) is 47.7. The van der Waals surface area contributed by atoms with Gasteiger partial charge in [0.25, 0.3) is 0 Å². The summed E-state index contributed by atoms with van der Waals surface area (Å²) in [6.07, 6.45) is 2.94. The Hall–Kier alpha value is -3.21. The van der Waals surface area contributed by atoms with Gasteiger partial charge in [0.15, 0.2) is 0 Å². The fraction of sp³-hybridized carbons (Fsp3) is 0.353. The average Bonchev–Trinajstić information content (AvgIpc) is 3.23. The van der Waals surface area contributed by atoms with Crippen molar-refractivity contribution in [3.8, 4) is 0 Å². The minimum Gasteiger partial charge on any atom is -0.478 e. The lowest BCUT2D eigenvalue weighted by Gasteiger charge is -2.07. The number of hydrogen-bond acceptors (Lipinski definition) is 8. The molecule has 0 spiro atoms. The van der Waals surface area contributed by atoms with Crippen LogP contribution < -0.4 is 5.32 Å². The van der Waals surface area contributed by atoms with Crippen LogP contribution >= 0.6 is 11.3 Å². The number of carbonyl (C=O) groups excluding carboxylic acids is 3. The first-order chi connectivity index (χ1) is 13.3. The van der Waals surface area contributed by atoms with E-state index in [2.05, 4.69) is 10.4 Å². The number of thiophene rings is 1. The second-order valence-electron chi connectivity index (χ2n) is 5.67. The van der Waals surface area contributed by atoms with Crippen LogP contribution in [0.4, 0.5) is 5.00 Å². The molecule has 2 aromatic rings. The smallest absolute Gasteiger partial charge is 0.348 e. The highest BCUT2D eigenvalue weighted by molar-refractivity contribution is 7.18. The van der Waals surface area contributed by atoms with Gasteiger partial charge >= 0.3 is 17.9 Å². The van der Waals surface area contributed by atoms with Gasteiger partial charge in [0.1, 0.15) is 16.4 Å². The number of methoxy groups -OCH3 is 1. The van der Waals surface area contributed by atoms with Crippen molar-refractivity contribution >= 4 is 40.2 Å². The van der Waals surface area contributed by atoms with E-state index in [0.717, 1.165) is 22.2 Å². The van der Waals surface area contributed by atoms with Crippen LogP contribution in [0.15, 0.2) is 12.4 Å². The monoisotopic (exact) mass is 409 g/mol. The molecule has 0 aliphatic carbocycles. The molecule has 11 heteroatoms. The molecule has 1 amide bonds. The summed E-state index contributed by atoms with van der Waals surface area (Å²) in [5.74, 6) is -3.01. The molecule has 0 aromatic carbocycles. The first-order valence-electron chi connectivity index (χ1n) is 8.22. The van der Waals surface area contributed by atoms with E-state index < -0.39 is 23.8 Å². The molecular formula is C17H19N3O7S. The van der Waals surface area contributed by atoms with Crippen molar-refractivity contribution in [3.05, 3.63) is 34.0 Å². The minimum atomic E-state index is -1.16. The van der Waals surface area contributed by atoms with E-state index in [1.807, 2.05) is 6.92 Å². The van der Waals surface area contributed by atoms with Crippen LogP contribution in [-0.4, -0.2) is 52.4 Å². The molecule has 0 aliphatic heterocycles. The molecule has 2 N–H and O–H groups in total. The largest absolute Gasteiger partial charge is 0.478 e. The number of rotatable bonds is 8. The number of aromatic nitrogens is 2. The summed E-state index contributed by atoms with van der Waals surface area (Å²) < 4.78 is 11.0. The maximum atomic E-state index is 12.4. The van der Waals surface area contributed by atoms with E-state index in [1.54, 1.807) is 6.92 Å². The van der Waals surface area contributed by atoms with Crippen LogP contribution in [0.25, 0.3) is 0 Å². The van der Waals surface area contributed by atoms with Gasteiger partial charge in [-0.1, -0.05) is 6.92 Å². The van der Waals surface area contributed by atoms with Crippen molar-refractivity contribution in [3.63, 3.8) is 0 Å². The van der Waals surface area contributed by atoms with E-state index in [1.165, 1.54) is 13.3 Å². The summed E-state index contributed by atoms with van der Waals surface area (Å²) in [5.41, 5.74) is 0.371. The van der Waals surface area contributed by atoms with Crippen LogP contribution in [0, 0.1) is 6.92 Å². The molecule has 2 heterocycles. The third kappa shape index (κ3) is 4.74. The normalized spacial score (nSPS) is 10.4. The van der Waals surface area contributed by atoms with Crippen LogP contribution in [0.1, 0.15) is 49.3 Å². The first kappa shape index (κ1) is 21.1. The highest BCUT2D eigenvalue weighted by Crippen LogP contribution is 2.34. The molecule has 28 heavy (non-hydrogen) atoms. The molecule has 0 saturated heterocycles. The summed E-state index contributed by atoms with van der Waals surface area (Å²) in [6, 6.07) is 0. The van der Waals surface area contributed by atoms with E-state index in [4.69, 9.17) is 14.6 Å². The summed E-state index contributed by atoms with van der Waals surface area (Å²) in [5, 5.41) is 15.4. The van der Waals surface area contributed by atoms with Gasteiger partial charge < -0.3 is 19.9 Å². The van der Waals surface area contributed by atoms with Gasteiger partial charge in [-0.05, 0) is 18.9 Å². The number of aromatic carboxylic acids is 1. The number of carboxylic acids is 1. The Morgan fingerprint density at radius 1 is 1.29 bits per heavy atom. The van der Waals surface area contributed by atoms with E-state index in [0.29, 0.717) is 12.0 Å². The highest BCUT2D eigenvalue weighted by atomic mass is 32.1. The van der Waals surface area contributed by atoms with Crippen LogP contribution in [0.3, 0.4) is 0 Å². The number of hydrogen-bond donors (Lipinski definition) is 2. The molecule has 0 atom stereocenters. The van der Waals surface area contributed by atoms with Gasteiger partial charge in [0.05, 0.1) is 31.0 Å². The molecular weight excluding hydrogens is 390 g/mol. The minimum absolute atomic E-state index is 0.0587. The lowest BCUT2D eigenvalue weighted by Crippen LogP contribution is -2.20. The summed E-state index contributed by atoms with van der Waals surface area (Å²) in [7, 11) is 1.21. The lowest BCUT2D eigenvalue weighted by molar-refractivity contribution is -0.116. The number of carbonyl (C=O) groups is 4. The zero-order chi connectivity index (χ0) is 20.8. The molecule has 150 valence electrons. The molecule has 0 bridgehead atoms. The van der Waals surface area contributed by atoms with Gasteiger partial charge in [-0.3, -0.25) is 9.48 Å². The van der Waals surface area contributed by atoms with Gasteiger partial charge in [0, 0.05) is 6.20 Å². The predicted molar refractivity (Wildman–Crippen MR) is 98.8 cm³/mol. The first-order valence-corrected chi connectivity index (χ1v) is 9.04. The number of anilines is 1. The molecule has 0 radical (unpaired) electrons.